The van der Waals surface area contributed by atoms with Crippen molar-refractivity contribution in [3.63, 3.8) is 0 Å². The van der Waals surface area contributed by atoms with Gasteiger partial charge in [-0.1, -0.05) is 12.1 Å². The van der Waals surface area contributed by atoms with Crippen LogP contribution < -0.4 is 15.6 Å². The van der Waals surface area contributed by atoms with Gasteiger partial charge < -0.3 is 19.2 Å². The van der Waals surface area contributed by atoms with Crippen LogP contribution in [0.25, 0.3) is 0 Å². The largest absolute Gasteiger partial charge is 0.497 e. The summed E-state index contributed by atoms with van der Waals surface area (Å²) in [5.41, 5.74) is 0.925. The molecule has 0 saturated carbocycles. The third-order valence-corrected chi connectivity index (χ3v) is 4.21. The SMILES string of the molecule is COc1ccc(C(NC(=O)c2ccn(C)c(=O)c2)c2nccn2C)cc1. The summed E-state index contributed by atoms with van der Waals surface area (Å²) in [5, 5.41) is 2.97. The molecule has 0 fully saturated rings. The van der Waals surface area contributed by atoms with Gasteiger partial charge in [0.25, 0.3) is 11.5 Å². The molecule has 0 spiro atoms. The van der Waals surface area contributed by atoms with Crippen molar-refractivity contribution in [3.05, 3.63) is 82.3 Å². The van der Waals surface area contributed by atoms with E-state index in [9.17, 15) is 9.59 Å². The maximum absolute atomic E-state index is 12.7. The van der Waals surface area contributed by atoms with Gasteiger partial charge in [0.1, 0.15) is 17.6 Å². The number of nitrogens with one attached hydrogen (secondary N) is 1. The number of aromatic nitrogens is 3. The number of nitrogens with zero attached hydrogens (tertiary/aromatic N) is 3. The van der Waals surface area contributed by atoms with Crippen LogP contribution in [-0.4, -0.2) is 27.1 Å². The zero-order valence-electron chi connectivity index (χ0n) is 14.8. The molecule has 26 heavy (non-hydrogen) atoms. The first kappa shape index (κ1) is 17.5. The molecular formula is C19H20N4O3. The van der Waals surface area contributed by atoms with Gasteiger partial charge in [-0.05, 0) is 23.8 Å². The topological polar surface area (TPSA) is 78.2 Å². The van der Waals surface area contributed by atoms with Crippen molar-refractivity contribution in [1.29, 1.82) is 0 Å². The number of amides is 1. The first-order valence-corrected chi connectivity index (χ1v) is 8.08. The molecular weight excluding hydrogens is 332 g/mol. The standard InChI is InChI=1S/C19H20N4O3/c1-22-10-8-14(12-16(22)24)19(25)21-17(18-20-9-11-23(18)2)13-4-6-15(26-3)7-5-13/h4-12,17H,1-3H3,(H,21,25). The van der Waals surface area contributed by atoms with Gasteiger partial charge in [0, 0.05) is 44.3 Å². The van der Waals surface area contributed by atoms with E-state index in [1.54, 1.807) is 32.6 Å². The van der Waals surface area contributed by atoms with Crippen LogP contribution >= 0.6 is 0 Å². The van der Waals surface area contributed by atoms with Gasteiger partial charge in [0.2, 0.25) is 0 Å². The molecule has 7 nitrogen and oxygen atoms in total. The Labute approximate surface area is 150 Å². The van der Waals surface area contributed by atoms with Crippen molar-refractivity contribution < 1.29 is 9.53 Å². The number of pyridine rings is 1. The molecule has 0 aliphatic rings. The molecule has 0 aliphatic heterocycles. The van der Waals surface area contributed by atoms with Crippen LogP contribution in [0.1, 0.15) is 27.8 Å². The highest BCUT2D eigenvalue weighted by atomic mass is 16.5. The van der Waals surface area contributed by atoms with Gasteiger partial charge in [-0.25, -0.2) is 4.98 Å². The lowest BCUT2D eigenvalue weighted by Gasteiger charge is -2.19. The zero-order valence-corrected chi connectivity index (χ0v) is 14.8. The molecule has 2 aromatic heterocycles. The molecule has 1 unspecified atom stereocenters. The van der Waals surface area contributed by atoms with Crippen molar-refractivity contribution >= 4 is 5.91 Å². The number of methoxy groups -OCH3 is 1. The highest BCUT2D eigenvalue weighted by Crippen LogP contribution is 2.23. The molecule has 7 heteroatoms. The fourth-order valence-corrected chi connectivity index (χ4v) is 2.65. The number of hydrogen-bond acceptors (Lipinski definition) is 4. The van der Waals surface area contributed by atoms with Crippen LogP contribution in [0.4, 0.5) is 0 Å². The fourth-order valence-electron chi connectivity index (χ4n) is 2.65. The van der Waals surface area contributed by atoms with Crippen molar-refractivity contribution in [1.82, 2.24) is 19.4 Å². The first-order chi connectivity index (χ1) is 12.5. The number of imidazole rings is 1. The third kappa shape index (κ3) is 3.51. The lowest BCUT2D eigenvalue weighted by atomic mass is 10.1. The second-order valence-electron chi connectivity index (χ2n) is 5.94. The van der Waals surface area contributed by atoms with Gasteiger partial charge in [-0.2, -0.15) is 0 Å². The van der Waals surface area contributed by atoms with Crippen molar-refractivity contribution in [2.24, 2.45) is 14.1 Å². The first-order valence-electron chi connectivity index (χ1n) is 8.08. The summed E-state index contributed by atoms with van der Waals surface area (Å²) >= 11 is 0. The molecule has 2 heterocycles. The third-order valence-electron chi connectivity index (χ3n) is 4.21. The lowest BCUT2D eigenvalue weighted by molar-refractivity contribution is 0.0941. The molecule has 3 rings (SSSR count). The number of aryl methyl sites for hydroxylation is 2. The molecule has 0 radical (unpaired) electrons. The predicted molar refractivity (Wildman–Crippen MR) is 97.2 cm³/mol. The monoisotopic (exact) mass is 352 g/mol. The van der Waals surface area contributed by atoms with E-state index >= 15 is 0 Å². The Morgan fingerprint density at radius 2 is 1.85 bits per heavy atom. The van der Waals surface area contributed by atoms with E-state index in [0.29, 0.717) is 11.4 Å². The van der Waals surface area contributed by atoms with Crippen LogP contribution in [0.3, 0.4) is 0 Å². The van der Waals surface area contributed by atoms with Gasteiger partial charge in [0.05, 0.1) is 7.11 Å². The summed E-state index contributed by atoms with van der Waals surface area (Å²) in [6, 6.07) is 9.88. The minimum atomic E-state index is -0.461. The average Bonchev–Trinajstić information content (AvgIpc) is 3.07. The van der Waals surface area contributed by atoms with E-state index in [4.69, 9.17) is 4.74 Å². The minimum absolute atomic E-state index is 0.240. The number of rotatable bonds is 5. The van der Waals surface area contributed by atoms with E-state index < -0.39 is 6.04 Å². The number of carbonyl (C=O) groups excluding carboxylic acids is 1. The van der Waals surface area contributed by atoms with Gasteiger partial charge in [-0.3, -0.25) is 9.59 Å². The fraction of sp³-hybridized carbons (Fsp3) is 0.211. The Hall–Kier alpha value is -3.35. The summed E-state index contributed by atoms with van der Waals surface area (Å²) in [6.07, 6.45) is 5.06. The van der Waals surface area contributed by atoms with Crippen molar-refractivity contribution in [2.75, 3.05) is 7.11 Å². The molecule has 0 aliphatic carbocycles. The van der Waals surface area contributed by atoms with Crippen LogP contribution in [0.15, 0.2) is 59.8 Å². The minimum Gasteiger partial charge on any atom is -0.497 e. The molecule has 134 valence electrons. The smallest absolute Gasteiger partial charge is 0.252 e. The number of carbonyl (C=O) groups is 1. The summed E-state index contributed by atoms with van der Waals surface area (Å²) in [4.78, 5) is 28.9. The number of benzene rings is 1. The normalized spacial score (nSPS) is 11.8. The molecule has 1 aromatic carbocycles. The summed E-state index contributed by atoms with van der Waals surface area (Å²) in [7, 11) is 5.10. The highest BCUT2D eigenvalue weighted by molar-refractivity contribution is 5.94. The molecule has 3 aromatic rings. The van der Waals surface area contributed by atoms with Crippen molar-refractivity contribution in [3.8, 4) is 5.75 Å². The summed E-state index contributed by atoms with van der Waals surface area (Å²) in [6.45, 7) is 0. The van der Waals surface area contributed by atoms with E-state index in [1.807, 2.05) is 42.1 Å². The maximum atomic E-state index is 12.7. The Bertz CT molecular complexity index is 973. The molecule has 0 bridgehead atoms. The highest BCUT2D eigenvalue weighted by Gasteiger charge is 2.21. The maximum Gasteiger partial charge on any atom is 0.252 e. The number of hydrogen-bond donors (Lipinski definition) is 1. The molecule has 1 N–H and O–H groups in total. The summed E-state index contributed by atoms with van der Waals surface area (Å²) in [5.74, 6) is 1.07. The van der Waals surface area contributed by atoms with Crippen LogP contribution in [0, 0.1) is 0 Å². The quantitative estimate of drug-likeness (QED) is 0.757. The van der Waals surface area contributed by atoms with E-state index in [2.05, 4.69) is 10.3 Å². The molecule has 1 atom stereocenters. The van der Waals surface area contributed by atoms with Gasteiger partial charge >= 0.3 is 0 Å². The zero-order chi connectivity index (χ0) is 18.7. The second kappa shape index (κ2) is 7.26. The number of ether oxygens (including phenoxy) is 1. The second-order valence-corrected chi connectivity index (χ2v) is 5.94. The molecule has 1 amide bonds. The average molecular weight is 352 g/mol. The van der Waals surface area contributed by atoms with Crippen LogP contribution in [0.5, 0.6) is 5.75 Å². The van der Waals surface area contributed by atoms with Gasteiger partial charge in [-0.15, -0.1) is 0 Å². The van der Waals surface area contributed by atoms with E-state index in [0.717, 1.165) is 11.3 Å². The Morgan fingerprint density at radius 3 is 2.42 bits per heavy atom. The van der Waals surface area contributed by atoms with E-state index in [-0.39, 0.29) is 11.5 Å². The molecule has 0 saturated heterocycles. The van der Waals surface area contributed by atoms with E-state index in [1.165, 1.54) is 10.6 Å². The predicted octanol–water partition coefficient (Wildman–Crippen LogP) is 1.65. The van der Waals surface area contributed by atoms with Gasteiger partial charge in [0.15, 0.2) is 0 Å². The van der Waals surface area contributed by atoms with Crippen LogP contribution in [-0.2, 0) is 14.1 Å². The Balaban J connectivity index is 1.95. The Morgan fingerprint density at radius 1 is 1.12 bits per heavy atom. The lowest BCUT2D eigenvalue weighted by Crippen LogP contribution is -2.32. The van der Waals surface area contributed by atoms with Crippen LogP contribution in [0.2, 0.25) is 0 Å². The Kier molecular flexibility index (Phi) is 4.88. The van der Waals surface area contributed by atoms with Crippen molar-refractivity contribution in [2.45, 2.75) is 6.04 Å². The summed E-state index contributed by atoms with van der Waals surface area (Å²) < 4.78 is 8.45.